The van der Waals surface area contributed by atoms with Crippen molar-refractivity contribution in [3.63, 3.8) is 0 Å². The summed E-state index contributed by atoms with van der Waals surface area (Å²) in [7, 11) is 0. The Hall–Kier alpha value is -2.37. The zero-order valence-electron chi connectivity index (χ0n) is 10.7. The number of rotatable bonds is 3. The Balaban J connectivity index is 2.23. The molecular weight excluding hydrogens is 247 g/mol. The minimum Gasteiger partial charge on any atom is -0.395 e. The number of anilines is 2. The van der Waals surface area contributed by atoms with Gasteiger partial charge in [0.15, 0.2) is 5.69 Å². The minimum absolute atomic E-state index is 0.124. The van der Waals surface area contributed by atoms with Crippen LogP contribution in [0.5, 0.6) is 0 Å². The molecule has 1 amide bonds. The number of aromatic nitrogens is 2. The number of nitrogens with two attached hydrogens (primary N) is 1. The molecule has 2 rings (SSSR count). The van der Waals surface area contributed by atoms with Crippen molar-refractivity contribution in [2.45, 2.75) is 20.3 Å². The van der Waals surface area contributed by atoms with Gasteiger partial charge in [0.2, 0.25) is 0 Å². The molecule has 1 heterocycles. The van der Waals surface area contributed by atoms with E-state index in [1.807, 2.05) is 6.92 Å². The molecule has 6 heteroatoms. The Labute approximate surface area is 110 Å². The van der Waals surface area contributed by atoms with E-state index in [0.29, 0.717) is 23.5 Å². The van der Waals surface area contributed by atoms with Crippen LogP contribution in [0.15, 0.2) is 18.2 Å². The number of nitrogen functional groups attached to an aromatic ring is 1. The minimum atomic E-state index is -0.460. The maximum atomic E-state index is 13.2. The van der Waals surface area contributed by atoms with E-state index in [1.165, 1.54) is 12.1 Å². The van der Waals surface area contributed by atoms with Gasteiger partial charge in [-0.3, -0.25) is 9.89 Å². The number of benzene rings is 1. The lowest BCUT2D eigenvalue weighted by Gasteiger charge is -2.05. The summed E-state index contributed by atoms with van der Waals surface area (Å²) >= 11 is 0. The topological polar surface area (TPSA) is 83.8 Å². The number of aromatic amines is 1. The molecular formula is C13H15FN4O. The summed E-state index contributed by atoms with van der Waals surface area (Å²) in [5, 5.41) is 9.15. The first kappa shape index (κ1) is 13.1. The maximum Gasteiger partial charge on any atom is 0.278 e. The fraction of sp³-hybridized carbons (Fsp3) is 0.231. The van der Waals surface area contributed by atoms with E-state index in [4.69, 9.17) is 5.73 Å². The molecule has 0 bridgehead atoms. The molecule has 2 aromatic rings. The highest BCUT2D eigenvalue weighted by Crippen LogP contribution is 2.18. The fourth-order valence-corrected chi connectivity index (χ4v) is 1.83. The van der Waals surface area contributed by atoms with Crippen molar-refractivity contribution in [2.24, 2.45) is 0 Å². The van der Waals surface area contributed by atoms with Gasteiger partial charge in [-0.25, -0.2) is 4.39 Å². The van der Waals surface area contributed by atoms with Gasteiger partial charge in [0.1, 0.15) is 5.82 Å². The number of carbonyl (C=O) groups is 1. The SMILES string of the molecule is CCc1[nH]nc(C(=O)Nc2cc(C)cc(F)c2)c1N. The molecule has 0 saturated heterocycles. The van der Waals surface area contributed by atoms with Crippen molar-refractivity contribution in [3.05, 3.63) is 41.0 Å². The number of carbonyl (C=O) groups excluding carboxylic acids is 1. The Bertz CT molecular complexity index is 601. The highest BCUT2D eigenvalue weighted by molar-refractivity contribution is 6.06. The lowest BCUT2D eigenvalue weighted by atomic mass is 10.2. The largest absolute Gasteiger partial charge is 0.395 e. The average Bonchev–Trinajstić information content (AvgIpc) is 2.68. The van der Waals surface area contributed by atoms with Crippen LogP contribution < -0.4 is 11.1 Å². The van der Waals surface area contributed by atoms with Gasteiger partial charge in [0.05, 0.1) is 11.4 Å². The van der Waals surface area contributed by atoms with Crippen LogP contribution in [0.1, 0.15) is 28.7 Å². The van der Waals surface area contributed by atoms with Gasteiger partial charge in [0.25, 0.3) is 5.91 Å². The molecule has 0 atom stereocenters. The van der Waals surface area contributed by atoms with Gasteiger partial charge in [-0.2, -0.15) is 5.10 Å². The summed E-state index contributed by atoms with van der Waals surface area (Å²) < 4.78 is 13.2. The number of nitrogens with zero attached hydrogens (tertiary/aromatic N) is 1. The molecule has 1 aromatic carbocycles. The van der Waals surface area contributed by atoms with Crippen molar-refractivity contribution in [2.75, 3.05) is 11.1 Å². The van der Waals surface area contributed by atoms with Crippen LogP contribution in [-0.4, -0.2) is 16.1 Å². The van der Waals surface area contributed by atoms with Crippen LogP contribution in [0, 0.1) is 12.7 Å². The molecule has 0 aliphatic carbocycles. The van der Waals surface area contributed by atoms with Crippen molar-refractivity contribution >= 4 is 17.3 Å². The molecule has 1 aromatic heterocycles. The summed E-state index contributed by atoms with van der Waals surface area (Å²) in [6.45, 7) is 3.65. The highest BCUT2D eigenvalue weighted by Gasteiger charge is 2.16. The van der Waals surface area contributed by atoms with Crippen molar-refractivity contribution in [1.29, 1.82) is 0 Å². The molecule has 19 heavy (non-hydrogen) atoms. The van der Waals surface area contributed by atoms with Gasteiger partial charge in [-0.1, -0.05) is 6.92 Å². The lowest BCUT2D eigenvalue weighted by Crippen LogP contribution is -2.14. The Morgan fingerprint density at radius 3 is 2.79 bits per heavy atom. The molecule has 5 nitrogen and oxygen atoms in total. The lowest BCUT2D eigenvalue weighted by molar-refractivity contribution is 0.102. The molecule has 0 aliphatic heterocycles. The first-order valence-electron chi connectivity index (χ1n) is 5.92. The first-order valence-corrected chi connectivity index (χ1v) is 5.92. The number of nitrogens with one attached hydrogen (secondary N) is 2. The van der Waals surface area contributed by atoms with E-state index in [1.54, 1.807) is 13.0 Å². The number of amides is 1. The summed E-state index contributed by atoms with van der Waals surface area (Å²) in [6.07, 6.45) is 0.658. The molecule has 0 unspecified atom stereocenters. The third-order valence-corrected chi connectivity index (χ3v) is 2.75. The van der Waals surface area contributed by atoms with E-state index in [9.17, 15) is 9.18 Å². The predicted octanol–water partition coefficient (Wildman–Crippen LogP) is 2.25. The zero-order valence-corrected chi connectivity index (χ0v) is 10.7. The third kappa shape index (κ3) is 2.73. The van der Waals surface area contributed by atoms with Crippen molar-refractivity contribution in [3.8, 4) is 0 Å². The molecule has 0 saturated carbocycles. The quantitative estimate of drug-likeness (QED) is 0.793. The molecule has 100 valence electrons. The maximum absolute atomic E-state index is 13.2. The monoisotopic (exact) mass is 262 g/mol. The normalized spacial score (nSPS) is 10.5. The molecule has 0 fully saturated rings. The summed E-state index contributed by atoms with van der Waals surface area (Å²) in [4.78, 5) is 12.0. The average molecular weight is 262 g/mol. The van der Waals surface area contributed by atoms with Gasteiger partial charge in [-0.05, 0) is 37.1 Å². The van der Waals surface area contributed by atoms with Crippen LogP contribution in [0.25, 0.3) is 0 Å². The van der Waals surface area contributed by atoms with Gasteiger partial charge >= 0.3 is 0 Å². The molecule has 0 spiro atoms. The summed E-state index contributed by atoms with van der Waals surface area (Å²) in [5.74, 6) is -0.863. The second-order valence-corrected chi connectivity index (χ2v) is 4.29. The van der Waals surface area contributed by atoms with Crippen LogP contribution in [0.3, 0.4) is 0 Å². The Kier molecular flexibility index (Phi) is 3.50. The standard InChI is InChI=1S/C13H15FN4O/c1-3-10-11(15)12(18-17-10)13(19)16-9-5-7(2)4-8(14)6-9/h4-6H,3,15H2,1-2H3,(H,16,19)(H,17,18). The van der Waals surface area contributed by atoms with Gasteiger partial charge in [-0.15, -0.1) is 0 Å². The van der Waals surface area contributed by atoms with Crippen LogP contribution >= 0.6 is 0 Å². The Morgan fingerprint density at radius 1 is 1.47 bits per heavy atom. The number of halogens is 1. The number of aryl methyl sites for hydroxylation is 2. The van der Waals surface area contributed by atoms with Crippen LogP contribution in [0.2, 0.25) is 0 Å². The number of hydrogen-bond acceptors (Lipinski definition) is 3. The van der Waals surface area contributed by atoms with Crippen molar-refractivity contribution < 1.29 is 9.18 Å². The number of H-pyrrole nitrogens is 1. The predicted molar refractivity (Wildman–Crippen MR) is 71.5 cm³/mol. The van der Waals surface area contributed by atoms with Gasteiger partial charge in [0, 0.05) is 5.69 Å². The third-order valence-electron chi connectivity index (χ3n) is 2.75. The van der Waals surface area contributed by atoms with E-state index < -0.39 is 11.7 Å². The van der Waals surface area contributed by atoms with Gasteiger partial charge < -0.3 is 11.1 Å². The Morgan fingerprint density at radius 2 is 2.21 bits per heavy atom. The van der Waals surface area contributed by atoms with Crippen molar-refractivity contribution in [1.82, 2.24) is 10.2 Å². The first-order chi connectivity index (χ1) is 9.01. The summed E-state index contributed by atoms with van der Waals surface area (Å²) in [5.41, 5.74) is 8.06. The van der Waals surface area contributed by atoms with E-state index in [-0.39, 0.29) is 5.69 Å². The molecule has 0 radical (unpaired) electrons. The molecule has 4 N–H and O–H groups in total. The molecule has 0 aliphatic rings. The van der Waals surface area contributed by atoms with E-state index in [0.717, 1.165) is 5.56 Å². The second-order valence-electron chi connectivity index (χ2n) is 4.29. The smallest absolute Gasteiger partial charge is 0.278 e. The van der Waals surface area contributed by atoms with Crippen LogP contribution in [0.4, 0.5) is 15.8 Å². The zero-order chi connectivity index (χ0) is 14.0. The number of hydrogen-bond donors (Lipinski definition) is 3. The second kappa shape index (κ2) is 5.09. The fourth-order valence-electron chi connectivity index (χ4n) is 1.83. The van der Waals surface area contributed by atoms with E-state index >= 15 is 0 Å². The van der Waals surface area contributed by atoms with Crippen LogP contribution in [-0.2, 0) is 6.42 Å². The van der Waals surface area contributed by atoms with E-state index in [2.05, 4.69) is 15.5 Å². The summed E-state index contributed by atoms with van der Waals surface area (Å²) in [6, 6.07) is 4.30. The highest BCUT2D eigenvalue weighted by atomic mass is 19.1.